The molecule has 0 saturated heterocycles. The van der Waals surface area contributed by atoms with Gasteiger partial charge in [0, 0.05) is 18.1 Å². The number of pyridine rings is 1. The smallest absolute Gasteiger partial charge is 0.241 e. The van der Waals surface area contributed by atoms with Crippen molar-refractivity contribution in [3.63, 3.8) is 0 Å². The predicted molar refractivity (Wildman–Crippen MR) is 65.0 cm³/mol. The van der Waals surface area contributed by atoms with Gasteiger partial charge in [0.2, 0.25) is 5.91 Å². The van der Waals surface area contributed by atoms with Crippen LogP contribution in [0.1, 0.15) is 25.8 Å². The summed E-state index contributed by atoms with van der Waals surface area (Å²) >= 11 is 0. The normalized spacial score (nSPS) is 12.6. The van der Waals surface area contributed by atoms with E-state index in [0.29, 0.717) is 12.3 Å². The summed E-state index contributed by atoms with van der Waals surface area (Å²) in [6, 6.07) is 1.32. The molecule has 3 N–H and O–H groups in total. The van der Waals surface area contributed by atoms with Gasteiger partial charge in [-0.3, -0.25) is 9.78 Å². The van der Waals surface area contributed by atoms with Crippen molar-refractivity contribution in [3.8, 4) is 0 Å². The molecule has 0 bridgehead atoms. The largest absolute Gasteiger partial charge is 0.324 e. The molecule has 0 aliphatic heterocycles. The van der Waals surface area contributed by atoms with E-state index in [1.54, 1.807) is 18.5 Å². The minimum atomic E-state index is -0.451. The van der Waals surface area contributed by atoms with Crippen LogP contribution in [0.3, 0.4) is 0 Å². The van der Waals surface area contributed by atoms with E-state index >= 15 is 0 Å². The number of anilines is 1. The fraction of sp³-hybridized carbons (Fsp3) is 0.500. The first-order valence-electron chi connectivity index (χ1n) is 5.47. The summed E-state index contributed by atoms with van der Waals surface area (Å²) in [5.74, 6) is 0.280. The van der Waals surface area contributed by atoms with Gasteiger partial charge in [0.15, 0.2) is 0 Å². The summed E-state index contributed by atoms with van der Waals surface area (Å²) in [6.45, 7) is 5.99. The van der Waals surface area contributed by atoms with E-state index in [1.807, 2.05) is 20.8 Å². The molecule has 0 radical (unpaired) electrons. The minimum Gasteiger partial charge on any atom is -0.324 e. The molecule has 4 heteroatoms. The van der Waals surface area contributed by atoms with Gasteiger partial charge in [0.05, 0.1) is 6.04 Å². The molecule has 1 rings (SSSR count). The number of hydrogen-bond acceptors (Lipinski definition) is 3. The highest BCUT2D eigenvalue weighted by Crippen LogP contribution is 2.12. The van der Waals surface area contributed by atoms with Gasteiger partial charge in [-0.25, -0.2) is 0 Å². The number of hydrogen-bond donors (Lipinski definition) is 2. The van der Waals surface area contributed by atoms with E-state index < -0.39 is 6.04 Å². The van der Waals surface area contributed by atoms with Crippen molar-refractivity contribution in [3.05, 3.63) is 24.0 Å². The average Bonchev–Trinajstić information content (AvgIpc) is 2.20. The monoisotopic (exact) mass is 221 g/mol. The number of nitrogens with zero attached hydrogens (tertiary/aromatic N) is 1. The third kappa shape index (κ3) is 3.62. The van der Waals surface area contributed by atoms with Gasteiger partial charge in [-0.2, -0.15) is 0 Å². The van der Waals surface area contributed by atoms with Gasteiger partial charge in [-0.05, 0) is 30.9 Å². The minimum absolute atomic E-state index is 0.136. The third-order valence-electron chi connectivity index (χ3n) is 2.34. The summed E-state index contributed by atoms with van der Waals surface area (Å²) in [5.41, 5.74) is 7.50. The molecule has 4 nitrogen and oxygen atoms in total. The lowest BCUT2D eigenvalue weighted by atomic mass is 10.0. The maximum Gasteiger partial charge on any atom is 0.241 e. The van der Waals surface area contributed by atoms with Crippen LogP contribution in [-0.4, -0.2) is 16.9 Å². The van der Waals surface area contributed by atoms with Crippen molar-refractivity contribution >= 4 is 11.6 Å². The number of carbonyl (C=O) groups excluding carboxylic acids is 1. The second kappa shape index (κ2) is 5.61. The van der Waals surface area contributed by atoms with E-state index in [9.17, 15) is 4.79 Å². The Morgan fingerprint density at radius 2 is 2.25 bits per heavy atom. The average molecular weight is 221 g/mol. The first-order valence-corrected chi connectivity index (χ1v) is 5.47. The number of nitrogens with one attached hydrogen (secondary N) is 1. The molecule has 1 atom stereocenters. The van der Waals surface area contributed by atoms with Crippen LogP contribution in [0.25, 0.3) is 0 Å². The molecule has 1 aromatic heterocycles. The second-order valence-corrected chi connectivity index (χ2v) is 4.42. The number of amides is 1. The Kier molecular flexibility index (Phi) is 4.43. The SMILES string of the molecule is Cc1cnccc1NC(=O)[C@@H](N)CC(C)C. The van der Waals surface area contributed by atoms with E-state index in [-0.39, 0.29) is 5.91 Å². The Bertz CT molecular complexity index is 363. The van der Waals surface area contributed by atoms with Crippen molar-refractivity contribution < 1.29 is 4.79 Å². The summed E-state index contributed by atoms with van der Waals surface area (Å²) in [4.78, 5) is 15.7. The van der Waals surface area contributed by atoms with Gasteiger partial charge in [0.25, 0.3) is 0 Å². The predicted octanol–water partition coefficient (Wildman–Crippen LogP) is 1.70. The van der Waals surface area contributed by atoms with Crippen LogP contribution in [0, 0.1) is 12.8 Å². The number of rotatable bonds is 4. The fourth-order valence-corrected chi connectivity index (χ4v) is 1.45. The van der Waals surface area contributed by atoms with Crippen molar-refractivity contribution in [2.24, 2.45) is 11.7 Å². The Morgan fingerprint density at radius 3 is 2.81 bits per heavy atom. The molecular formula is C12H19N3O. The first kappa shape index (κ1) is 12.6. The highest BCUT2D eigenvalue weighted by molar-refractivity contribution is 5.95. The first-order chi connectivity index (χ1) is 7.50. The molecule has 0 aliphatic rings. The number of aryl methyl sites for hydroxylation is 1. The molecule has 0 unspecified atom stereocenters. The molecule has 0 saturated carbocycles. The molecule has 1 heterocycles. The molecule has 0 spiro atoms. The van der Waals surface area contributed by atoms with E-state index in [0.717, 1.165) is 11.3 Å². The van der Waals surface area contributed by atoms with Crippen LogP contribution in [0.15, 0.2) is 18.5 Å². The lowest BCUT2D eigenvalue weighted by Crippen LogP contribution is -2.36. The zero-order chi connectivity index (χ0) is 12.1. The summed E-state index contributed by atoms with van der Waals surface area (Å²) in [5, 5.41) is 2.81. The van der Waals surface area contributed by atoms with Gasteiger partial charge in [-0.1, -0.05) is 13.8 Å². The van der Waals surface area contributed by atoms with E-state index in [1.165, 1.54) is 0 Å². The molecule has 0 aliphatic carbocycles. The quantitative estimate of drug-likeness (QED) is 0.813. The molecule has 16 heavy (non-hydrogen) atoms. The zero-order valence-corrected chi connectivity index (χ0v) is 10.0. The van der Waals surface area contributed by atoms with Crippen molar-refractivity contribution in [2.75, 3.05) is 5.32 Å². The van der Waals surface area contributed by atoms with E-state index in [4.69, 9.17) is 5.73 Å². The second-order valence-electron chi connectivity index (χ2n) is 4.42. The maximum atomic E-state index is 11.7. The van der Waals surface area contributed by atoms with Crippen molar-refractivity contribution in [1.29, 1.82) is 0 Å². The van der Waals surface area contributed by atoms with Gasteiger partial charge in [-0.15, -0.1) is 0 Å². The Hall–Kier alpha value is -1.42. The van der Waals surface area contributed by atoms with Crippen LogP contribution >= 0.6 is 0 Å². The highest BCUT2D eigenvalue weighted by atomic mass is 16.2. The van der Waals surface area contributed by atoms with Crippen molar-refractivity contribution in [2.45, 2.75) is 33.2 Å². The summed E-state index contributed by atoms with van der Waals surface area (Å²) < 4.78 is 0. The molecule has 0 fully saturated rings. The number of carbonyl (C=O) groups is 1. The lowest BCUT2D eigenvalue weighted by molar-refractivity contribution is -0.117. The van der Waals surface area contributed by atoms with Gasteiger partial charge in [0.1, 0.15) is 0 Å². The van der Waals surface area contributed by atoms with Gasteiger partial charge < -0.3 is 11.1 Å². The Balaban J connectivity index is 2.61. The Labute approximate surface area is 96.3 Å². The lowest BCUT2D eigenvalue weighted by Gasteiger charge is -2.14. The van der Waals surface area contributed by atoms with Crippen LogP contribution < -0.4 is 11.1 Å². The summed E-state index contributed by atoms with van der Waals surface area (Å²) in [7, 11) is 0. The van der Waals surface area contributed by atoms with Crippen LogP contribution in [0.2, 0.25) is 0 Å². The van der Waals surface area contributed by atoms with Crippen LogP contribution in [0.5, 0.6) is 0 Å². The molecular weight excluding hydrogens is 202 g/mol. The third-order valence-corrected chi connectivity index (χ3v) is 2.34. The topological polar surface area (TPSA) is 68.0 Å². The molecule has 1 aromatic rings. The zero-order valence-electron chi connectivity index (χ0n) is 10.0. The highest BCUT2D eigenvalue weighted by Gasteiger charge is 2.15. The molecule has 0 aromatic carbocycles. The number of nitrogens with two attached hydrogens (primary N) is 1. The summed E-state index contributed by atoms with van der Waals surface area (Å²) in [6.07, 6.45) is 4.05. The van der Waals surface area contributed by atoms with E-state index in [2.05, 4.69) is 10.3 Å². The van der Waals surface area contributed by atoms with Crippen molar-refractivity contribution in [1.82, 2.24) is 4.98 Å². The van der Waals surface area contributed by atoms with Crippen LogP contribution in [0.4, 0.5) is 5.69 Å². The number of aromatic nitrogens is 1. The Morgan fingerprint density at radius 1 is 1.56 bits per heavy atom. The fourth-order valence-electron chi connectivity index (χ4n) is 1.45. The maximum absolute atomic E-state index is 11.7. The molecule has 1 amide bonds. The molecule has 88 valence electrons. The standard InChI is InChI=1S/C12H19N3O/c1-8(2)6-10(13)12(16)15-11-4-5-14-7-9(11)3/h4-5,7-8,10H,6,13H2,1-3H3,(H,14,15,16)/t10-/m0/s1. The van der Waals surface area contributed by atoms with Gasteiger partial charge >= 0.3 is 0 Å². The van der Waals surface area contributed by atoms with Crippen LogP contribution in [-0.2, 0) is 4.79 Å².